The summed E-state index contributed by atoms with van der Waals surface area (Å²) < 4.78 is 21.2. The third-order valence-corrected chi connectivity index (χ3v) is 5.62. The predicted octanol–water partition coefficient (Wildman–Crippen LogP) is 3.82. The van der Waals surface area contributed by atoms with Crippen molar-refractivity contribution < 1.29 is 19.0 Å². The van der Waals surface area contributed by atoms with E-state index in [1.165, 1.54) is 17.4 Å². The topological polar surface area (TPSA) is 59.4 Å². The quantitative estimate of drug-likeness (QED) is 0.324. The number of aliphatic hydroxyl groups excluding tert-OH is 1. The molecule has 3 aromatic rings. The van der Waals surface area contributed by atoms with Crippen molar-refractivity contribution in [1.29, 1.82) is 0 Å². The Balaban J connectivity index is 1.99. The summed E-state index contributed by atoms with van der Waals surface area (Å²) in [6.07, 6.45) is 3.69. The van der Waals surface area contributed by atoms with Gasteiger partial charge in [0.1, 0.15) is 12.4 Å². The van der Waals surface area contributed by atoms with E-state index in [4.69, 9.17) is 9.84 Å². The van der Waals surface area contributed by atoms with E-state index in [1.54, 1.807) is 18.5 Å². The molecule has 0 atom stereocenters. The minimum atomic E-state index is -0.287. The molecule has 4 nitrogen and oxygen atoms in total. The SMILES string of the molecule is O=C(COCCO)c1sc2ccncc2c1Cc1ccc(I)cc1F. The van der Waals surface area contributed by atoms with Crippen LogP contribution < -0.4 is 0 Å². The number of pyridine rings is 1. The number of nitrogens with zero attached hydrogens (tertiary/aromatic N) is 1. The Bertz CT molecular complexity index is 912. The first-order valence-electron chi connectivity index (χ1n) is 7.61. The average Bonchev–Trinajstić information content (AvgIpc) is 2.96. The van der Waals surface area contributed by atoms with Crippen LogP contribution in [0.1, 0.15) is 20.8 Å². The molecule has 3 rings (SSSR count). The standard InChI is InChI=1S/C18H15FINO3S/c19-15-8-12(20)2-1-11(15)7-13-14-9-21-4-3-17(14)25-18(13)16(23)10-24-6-5-22/h1-4,8-9,22H,5-7,10H2. The highest BCUT2D eigenvalue weighted by Crippen LogP contribution is 2.33. The Morgan fingerprint density at radius 2 is 2.20 bits per heavy atom. The third-order valence-electron chi connectivity index (χ3n) is 3.70. The first-order chi connectivity index (χ1) is 12.1. The molecule has 0 unspecified atom stereocenters. The summed E-state index contributed by atoms with van der Waals surface area (Å²) in [6, 6.07) is 6.92. The number of hydrogen-bond donors (Lipinski definition) is 1. The summed E-state index contributed by atoms with van der Waals surface area (Å²) in [4.78, 5) is 17.2. The van der Waals surface area contributed by atoms with Gasteiger partial charge in [-0.3, -0.25) is 9.78 Å². The second-order valence-electron chi connectivity index (χ2n) is 5.39. The number of thiophene rings is 1. The first kappa shape index (κ1) is 18.4. The van der Waals surface area contributed by atoms with Gasteiger partial charge < -0.3 is 9.84 Å². The summed E-state index contributed by atoms with van der Waals surface area (Å²) in [7, 11) is 0. The van der Waals surface area contributed by atoms with Gasteiger partial charge in [-0.25, -0.2) is 4.39 Å². The number of rotatable bonds is 7. The van der Waals surface area contributed by atoms with Crippen molar-refractivity contribution in [2.45, 2.75) is 6.42 Å². The second-order valence-corrected chi connectivity index (χ2v) is 7.69. The van der Waals surface area contributed by atoms with Gasteiger partial charge in [-0.05, 0) is 51.9 Å². The van der Waals surface area contributed by atoms with Crippen molar-refractivity contribution in [2.75, 3.05) is 19.8 Å². The van der Waals surface area contributed by atoms with Crippen molar-refractivity contribution >= 4 is 49.8 Å². The highest BCUT2D eigenvalue weighted by atomic mass is 127. The summed E-state index contributed by atoms with van der Waals surface area (Å²) in [5.74, 6) is -0.458. The van der Waals surface area contributed by atoms with Gasteiger partial charge in [0.15, 0.2) is 5.78 Å². The fourth-order valence-corrected chi connectivity index (χ4v) is 4.11. The maximum Gasteiger partial charge on any atom is 0.198 e. The van der Waals surface area contributed by atoms with Gasteiger partial charge in [-0.15, -0.1) is 11.3 Å². The van der Waals surface area contributed by atoms with Crippen LogP contribution in [-0.2, 0) is 11.2 Å². The molecule has 0 aliphatic carbocycles. The molecule has 7 heteroatoms. The molecule has 2 aromatic heterocycles. The van der Waals surface area contributed by atoms with Crippen molar-refractivity contribution in [1.82, 2.24) is 4.98 Å². The van der Waals surface area contributed by atoms with E-state index in [9.17, 15) is 9.18 Å². The van der Waals surface area contributed by atoms with Crippen molar-refractivity contribution in [3.8, 4) is 0 Å². The Morgan fingerprint density at radius 1 is 1.36 bits per heavy atom. The lowest BCUT2D eigenvalue weighted by molar-refractivity contribution is 0.0667. The highest BCUT2D eigenvalue weighted by molar-refractivity contribution is 14.1. The molecule has 0 bridgehead atoms. The number of carbonyl (C=O) groups excluding carboxylic acids is 1. The zero-order valence-corrected chi connectivity index (χ0v) is 16.1. The molecule has 0 aliphatic rings. The zero-order chi connectivity index (χ0) is 17.8. The number of Topliss-reactive ketones (excluding diaryl/α,β-unsaturated/α-hetero) is 1. The van der Waals surface area contributed by atoms with E-state index in [1.807, 2.05) is 12.1 Å². The van der Waals surface area contributed by atoms with Gasteiger partial charge in [0.2, 0.25) is 0 Å². The highest BCUT2D eigenvalue weighted by Gasteiger charge is 2.20. The molecular weight excluding hydrogens is 456 g/mol. The maximum absolute atomic E-state index is 14.3. The van der Waals surface area contributed by atoms with Crippen molar-refractivity contribution in [3.63, 3.8) is 0 Å². The molecule has 0 saturated carbocycles. The average molecular weight is 471 g/mol. The summed E-state index contributed by atoms with van der Waals surface area (Å²) >= 11 is 3.43. The largest absolute Gasteiger partial charge is 0.394 e. The van der Waals surface area contributed by atoms with Crippen LogP contribution in [0.15, 0.2) is 36.7 Å². The molecule has 2 heterocycles. The van der Waals surface area contributed by atoms with E-state index in [2.05, 4.69) is 27.6 Å². The lowest BCUT2D eigenvalue weighted by atomic mass is 10.0. The summed E-state index contributed by atoms with van der Waals surface area (Å²) in [5.41, 5.74) is 1.31. The summed E-state index contributed by atoms with van der Waals surface area (Å²) in [6.45, 7) is -0.132. The van der Waals surface area contributed by atoms with E-state index >= 15 is 0 Å². The molecule has 1 N–H and O–H groups in total. The van der Waals surface area contributed by atoms with Crippen LogP contribution in [0.2, 0.25) is 0 Å². The van der Waals surface area contributed by atoms with Gasteiger partial charge >= 0.3 is 0 Å². The third kappa shape index (κ3) is 4.22. The van der Waals surface area contributed by atoms with Crippen LogP contribution in [-0.4, -0.2) is 35.7 Å². The van der Waals surface area contributed by atoms with Gasteiger partial charge in [0, 0.05) is 32.5 Å². The molecule has 1 aromatic carbocycles. The molecule has 0 radical (unpaired) electrons. The Labute approximate surface area is 161 Å². The van der Waals surface area contributed by atoms with Gasteiger partial charge in [0.25, 0.3) is 0 Å². The number of halogens is 2. The number of aromatic nitrogens is 1. The molecule has 0 amide bonds. The monoisotopic (exact) mass is 471 g/mol. The van der Waals surface area contributed by atoms with Crippen molar-refractivity contribution in [2.24, 2.45) is 0 Å². The Kier molecular flexibility index (Phi) is 6.10. The smallest absolute Gasteiger partial charge is 0.198 e. The van der Waals surface area contributed by atoms with Crippen LogP contribution in [0, 0.1) is 9.39 Å². The lowest BCUT2D eigenvalue weighted by Gasteiger charge is -2.07. The normalized spacial score (nSPS) is 11.2. The first-order valence-corrected chi connectivity index (χ1v) is 9.50. The second kappa shape index (κ2) is 8.31. The van der Waals surface area contributed by atoms with E-state index in [-0.39, 0.29) is 31.4 Å². The van der Waals surface area contributed by atoms with Crippen molar-refractivity contribution in [3.05, 3.63) is 62.1 Å². The molecule has 0 spiro atoms. The molecule has 130 valence electrons. The number of carbonyl (C=O) groups is 1. The van der Waals surface area contributed by atoms with Crippen LogP contribution in [0.5, 0.6) is 0 Å². The number of benzene rings is 1. The van der Waals surface area contributed by atoms with Crippen LogP contribution in [0.25, 0.3) is 10.1 Å². The Hall–Kier alpha value is -1.42. The molecule has 0 fully saturated rings. The minimum absolute atomic E-state index is 0.108. The molecular formula is C18H15FINO3S. The molecule has 0 saturated heterocycles. The summed E-state index contributed by atoms with van der Waals surface area (Å²) in [5, 5.41) is 9.64. The van der Waals surface area contributed by atoms with Crippen LogP contribution in [0.3, 0.4) is 0 Å². The number of ether oxygens (including phenoxy) is 1. The van der Waals surface area contributed by atoms with Crippen LogP contribution >= 0.6 is 33.9 Å². The number of fused-ring (bicyclic) bond motifs is 1. The van der Waals surface area contributed by atoms with E-state index in [0.29, 0.717) is 16.9 Å². The minimum Gasteiger partial charge on any atom is -0.394 e. The zero-order valence-electron chi connectivity index (χ0n) is 13.2. The van der Waals surface area contributed by atoms with E-state index < -0.39 is 0 Å². The molecule has 25 heavy (non-hydrogen) atoms. The number of aliphatic hydroxyl groups is 1. The lowest BCUT2D eigenvalue weighted by Crippen LogP contribution is -2.12. The van der Waals surface area contributed by atoms with E-state index in [0.717, 1.165) is 19.2 Å². The fourth-order valence-electron chi connectivity index (χ4n) is 2.54. The predicted molar refractivity (Wildman–Crippen MR) is 104 cm³/mol. The Morgan fingerprint density at radius 3 is 2.96 bits per heavy atom. The maximum atomic E-state index is 14.3. The van der Waals surface area contributed by atoms with Gasteiger partial charge in [-0.2, -0.15) is 0 Å². The number of ketones is 1. The van der Waals surface area contributed by atoms with Gasteiger partial charge in [-0.1, -0.05) is 6.07 Å². The van der Waals surface area contributed by atoms with Crippen LogP contribution in [0.4, 0.5) is 4.39 Å². The van der Waals surface area contributed by atoms with Gasteiger partial charge in [0.05, 0.1) is 18.1 Å². The number of hydrogen-bond acceptors (Lipinski definition) is 5. The fraction of sp³-hybridized carbons (Fsp3) is 0.222. The molecule has 0 aliphatic heterocycles.